The summed E-state index contributed by atoms with van der Waals surface area (Å²) in [4.78, 5) is 11.3. The lowest BCUT2D eigenvalue weighted by atomic mass is 10.0. The highest BCUT2D eigenvalue weighted by Gasteiger charge is 2.05. The van der Waals surface area contributed by atoms with E-state index in [4.69, 9.17) is 4.74 Å². The van der Waals surface area contributed by atoms with Gasteiger partial charge in [-0.2, -0.15) is 0 Å². The fourth-order valence-corrected chi connectivity index (χ4v) is 2.17. The van der Waals surface area contributed by atoms with Crippen LogP contribution in [0.4, 0.5) is 0 Å². The first-order chi connectivity index (χ1) is 10.1. The Balaban J connectivity index is 2.13. The van der Waals surface area contributed by atoms with Gasteiger partial charge in [-0.15, -0.1) is 0 Å². The second kappa shape index (κ2) is 7.04. The minimum Gasteiger partial charge on any atom is -0.377 e. The molecule has 2 rings (SSSR count). The Morgan fingerprint density at radius 1 is 1.05 bits per heavy atom. The maximum Gasteiger partial charge on any atom is 0.224 e. The van der Waals surface area contributed by atoms with Crippen LogP contribution in [0.2, 0.25) is 0 Å². The molecule has 0 aliphatic carbocycles. The molecule has 3 nitrogen and oxygen atoms in total. The fourth-order valence-electron chi connectivity index (χ4n) is 2.17. The summed E-state index contributed by atoms with van der Waals surface area (Å²) in [6.07, 6.45) is 0.523. The van der Waals surface area contributed by atoms with Crippen LogP contribution < -0.4 is 5.32 Å². The van der Waals surface area contributed by atoms with E-state index in [1.54, 1.807) is 14.2 Å². The van der Waals surface area contributed by atoms with Gasteiger partial charge in [0, 0.05) is 14.2 Å². The van der Waals surface area contributed by atoms with Crippen LogP contribution in [0.15, 0.2) is 48.5 Å². The molecule has 0 saturated carbocycles. The molecule has 21 heavy (non-hydrogen) atoms. The van der Waals surface area contributed by atoms with Crippen molar-refractivity contribution >= 4 is 5.91 Å². The number of likely N-dealkylation sites (N-methyl/N-ethyl adjacent to an activating group) is 1. The second-order valence-corrected chi connectivity index (χ2v) is 5.05. The number of benzene rings is 2. The molecule has 0 aliphatic heterocycles. The van der Waals surface area contributed by atoms with Crippen molar-refractivity contribution in [2.24, 2.45) is 0 Å². The summed E-state index contributed by atoms with van der Waals surface area (Å²) in [6.45, 7) is 2.03. The van der Waals surface area contributed by atoms with E-state index in [-0.39, 0.29) is 12.0 Å². The van der Waals surface area contributed by atoms with E-state index < -0.39 is 0 Å². The van der Waals surface area contributed by atoms with Gasteiger partial charge >= 0.3 is 0 Å². The van der Waals surface area contributed by atoms with Gasteiger partial charge in [0.25, 0.3) is 0 Å². The number of rotatable bonds is 5. The Bertz CT molecular complexity index is 588. The number of methoxy groups -OCH3 is 1. The first-order valence-electron chi connectivity index (χ1n) is 7.06. The Hall–Kier alpha value is -2.13. The van der Waals surface area contributed by atoms with Crippen molar-refractivity contribution in [1.29, 1.82) is 0 Å². The Morgan fingerprint density at radius 2 is 1.57 bits per heavy atom. The number of nitrogens with one attached hydrogen (secondary N) is 1. The van der Waals surface area contributed by atoms with Crippen molar-refractivity contribution in [1.82, 2.24) is 5.32 Å². The molecule has 0 aromatic heterocycles. The Morgan fingerprint density at radius 3 is 2.05 bits per heavy atom. The van der Waals surface area contributed by atoms with Crippen LogP contribution in [0, 0.1) is 0 Å². The minimum absolute atomic E-state index is 0.0284. The molecule has 1 N–H and O–H groups in total. The largest absolute Gasteiger partial charge is 0.377 e. The lowest BCUT2D eigenvalue weighted by molar-refractivity contribution is -0.119. The molecule has 0 unspecified atom stereocenters. The van der Waals surface area contributed by atoms with Gasteiger partial charge in [-0.3, -0.25) is 4.79 Å². The van der Waals surface area contributed by atoms with Gasteiger partial charge in [-0.1, -0.05) is 48.5 Å². The highest BCUT2D eigenvalue weighted by molar-refractivity contribution is 5.78. The van der Waals surface area contributed by atoms with Crippen LogP contribution in [0.3, 0.4) is 0 Å². The van der Waals surface area contributed by atoms with E-state index >= 15 is 0 Å². The van der Waals surface area contributed by atoms with Gasteiger partial charge in [-0.05, 0) is 29.2 Å². The van der Waals surface area contributed by atoms with Crippen LogP contribution >= 0.6 is 0 Å². The van der Waals surface area contributed by atoms with Gasteiger partial charge in [0.1, 0.15) is 0 Å². The number of hydrogen-bond acceptors (Lipinski definition) is 2. The van der Waals surface area contributed by atoms with E-state index in [0.717, 1.165) is 22.3 Å². The zero-order valence-electron chi connectivity index (χ0n) is 12.7. The first-order valence-corrected chi connectivity index (χ1v) is 7.06. The van der Waals surface area contributed by atoms with Gasteiger partial charge in [0.05, 0.1) is 12.5 Å². The summed E-state index contributed by atoms with van der Waals surface area (Å²) in [5.74, 6) is 0.0284. The van der Waals surface area contributed by atoms with Crippen molar-refractivity contribution in [2.75, 3.05) is 14.2 Å². The van der Waals surface area contributed by atoms with Crippen LogP contribution in [0.1, 0.15) is 24.2 Å². The van der Waals surface area contributed by atoms with Crippen LogP contribution in [0.25, 0.3) is 11.1 Å². The number of carbonyl (C=O) groups excluding carboxylic acids is 1. The molecule has 2 aromatic rings. The van der Waals surface area contributed by atoms with E-state index in [1.165, 1.54) is 0 Å². The molecule has 0 radical (unpaired) electrons. The van der Waals surface area contributed by atoms with Crippen molar-refractivity contribution < 1.29 is 9.53 Å². The average Bonchev–Trinajstić information content (AvgIpc) is 2.55. The lowest BCUT2D eigenvalue weighted by Crippen LogP contribution is -2.19. The molecule has 0 fully saturated rings. The molecule has 3 heteroatoms. The van der Waals surface area contributed by atoms with Gasteiger partial charge in [0.2, 0.25) is 5.91 Å². The maximum absolute atomic E-state index is 11.3. The summed E-state index contributed by atoms with van der Waals surface area (Å²) >= 11 is 0. The van der Waals surface area contributed by atoms with E-state index in [0.29, 0.717) is 6.42 Å². The van der Waals surface area contributed by atoms with Crippen molar-refractivity contribution in [3.05, 3.63) is 59.7 Å². The van der Waals surface area contributed by atoms with Crippen molar-refractivity contribution in [3.63, 3.8) is 0 Å². The van der Waals surface area contributed by atoms with Crippen molar-refractivity contribution in [3.8, 4) is 11.1 Å². The molecule has 0 bridgehead atoms. The second-order valence-electron chi connectivity index (χ2n) is 5.05. The third-order valence-corrected chi connectivity index (χ3v) is 3.66. The molecule has 0 spiro atoms. The zero-order chi connectivity index (χ0) is 15.2. The SMILES string of the molecule is CNC(=O)Cc1ccc(-c2ccc([C@H](C)OC)cc2)cc1. The summed E-state index contributed by atoms with van der Waals surface area (Å²) in [5.41, 5.74) is 4.49. The van der Waals surface area contributed by atoms with Gasteiger partial charge in [0.15, 0.2) is 0 Å². The van der Waals surface area contributed by atoms with E-state index in [2.05, 4.69) is 29.6 Å². The smallest absolute Gasteiger partial charge is 0.224 e. The third kappa shape index (κ3) is 3.92. The maximum atomic E-state index is 11.3. The fraction of sp³-hybridized carbons (Fsp3) is 0.278. The third-order valence-electron chi connectivity index (χ3n) is 3.66. The van der Waals surface area contributed by atoms with Crippen molar-refractivity contribution in [2.45, 2.75) is 19.4 Å². The average molecular weight is 283 g/mol. The molecule has 0 aliphatic rings. The minimum atomic E-state index is 0.0284. The predicted molar refractivity (Wildman–Crippen MR) is 85.1 cm³/mol. The standard InChI is InChI=1S/C18H21NO2/c1-13(21-3)15-8-10-17(11-9-15)16-6-4-14(5-7-16)12-18(20)19-2/h4-11,13H,12H2,1-3H3,(H,19,20)/t13-/m0/s1. The molecule has 2 aromatic carbocycles. The van der Waals surface area contributed by atoms with E-state index in [9.17, 15) is 4.79 Å². The first kappa shape index (κ1) is 15.3. The highest BCUT2D eigenvalue weighted by Crippen LogP contribution is 2.23. The molecule has 1 atom stereocenters. The molecule has 0 saturated heterocycles. The topological polar surface area (TPSA) is 38.3 Å². The van der Waals surface area contributed by atoms with E-state index in [1.807, 2.05) is 31.2 Å². The number of carbonyl (C=O) groups is 1. The van der Waals surface area contributed by atoms with Crippen LogP contribution in [0.5, 0.6) is 0 Å². The molecular weight excluding hydrogens is 262 g/mol. The molecule has 0 heterocycles. The van der Waals surface area contributed by atoms with Crippen LogP contribution in [-0.4, -0.2) is 20.1 Å². The molecule has 110 valence electrons. The Kier molecular flexibility index (Phi) is 5.12. The predicted octanol–water partition coefficient (Wildman–Crippen LogP) is 3.35. The highest BCUT2D eigenvalue weighted by atomic mass is 16.5. The number of amides is 1. The Labute approximate surface area is 126 Å². The quantitative estimate of drug-likeness (QED) is 0.914. The number of ether oxygens (including phenoxy) is 1. The van der Waals surface area contributed by atoms with Gasteiger partial charge < -0.3 is 10.1 Å². The monoisotopic (exact) mass is 283 g/mol. The molecular formula is C18H21NO2. The molecule has 1 amide bonds. The lowest BCUT2D eigenvalue weighted by Gasteiger charge is -2.10. The van der Waals surface area contributed by atoms with Gasteiger partial charge in [-0.25, -0.2) is 0 Å². The summed E-state index contributed by atoms with van der Waals surface area (Å²) in [7, 11) is 3.36. The summed E-state index contributed by atoms with van der Waals surface area (Å²) in [6, 6.07) is 16.5. The van der Waals surface area contributed by atoms with Crippen LogP contribution in [-0.2, 0) is 16.0 Å². The normalized spacial score (nSPS) is 12.0. The zero-order valence-corrected chi connectivity index (χ0v) is 12.7. The summed E-state index contributed by atoms with van der Waals surface area (Å²) in [5, 5.41) is 2.63. The number of hydrogen-bond donors (Lipinski definition) is 1. The summed E-state index contributed by atoms with van der Waals surface area (Å²) < 4.78 is 5.31.